The number of carbonyl (C=O) groups excluding carboxylic acids is 3. The molecule has 2 heterocycles. The van der Waals surface area contributed by atoms with Crippen LogP contribution in [0.1, 0.15) is 18.4 Å². The van der Waals surface area contributed by atoms with Crippen molar-refractivity contribution in [2.24, 2.45) is 11.8 Å². The molecule has 0 bridgehead atoms. The van der Waals surface area contributed by atoms with Gasteiger partial charge in [0.25, 0.3) is 5.91 Å². The van der Waals surface area contributed by atoms with E-state index in [1.54, 1.807) is 12.1 Å². The molecule has 1 unspecified atom stereocenters. The number of benzene rings is 1. The molecule has 2 aliphatic heterocycles. The van der Waals surface area contributed by atoms with E-state index in [-0.39, 0.29) is 29.9 Å². The number of carbonyl (C=O) groups is 3. The fraction of sp³-hybridized carbons (Fsp3) is 0.316. The summed E-state index contributed by atoms with van der Waals surface area (Å²) in [4.78, 5) is 38.6. The number of halogens is 2. The fourth-order valence-electron chi connectivity index (χ4n) is 4.46. The van der Waals surface area contributed by atoms with Gasteiger partial charge in [0.05, 0.1) is 9.12 Å². The molecule has 1 aromatic rings. The molecule has 4 nitrogen and oxygen atoms in total. The normalized spacial score (nSPS) is 31.2. The van der Waals surface area contributed by atoms with E-state index in [0.29, 0.717) is 21.6 Å². The minimum atomic E-state index is -0.740. The Bertz CT molecular complexity index is 862. The summed E-state index contributed by atoms with van der Waals surface area (Å²) < 4.78 is 0.635. The van der Waals surface area contributed by atoms with E-state index in [1.165, 1.54) is 0 Å². The smallest absolute Gasteiger partial charge is 0.261 e. The molecule has 0 N–H and O–H groups in total. The van der Waals surface area contributed by atoms with Crippen LogP contribution in [0.15, 0.2) is 40.0 Å². The van der Waals surface area contributed by atoms with Crippen LogP contribution in [-0.2, 0) is 14.4 Å². The van der Waals surface area contributed by atoms with Crippen LogP contribution >= 0.6 is 34.2 Å². The molecule has 128 valence electrons. The molecule has 0 saturated carbocycles. The van der Waals surface area contributed by atoms with Gasteiger partial charge < -0.3 is 9.69 Å². The minimum Gasteiger partial charge on any atom is -0.325 e. The number of piperidine rings is 1. The van der Waals surface area contributed by atoms with Crippen molar-refractivity contribution in [2.45, 2.75) is 18.4 Å². The van der Waals surface area contributed by atoms with Crippen LogP contribution in [0.4, 0.5) is 0 Å². The predicted octanol–water partition coefficient (Wildman–Crippen LogP) is 3.43. The molecule has 6 heteroatoms. The highest BCUT2D eigenvalue weighted by molar-refractivity contribution is 14.1. The molecule has 1 fully saturated rings. The lowest BCUT2D eigenvalue weighted by molar-refractivity contribution is -0.136. The van der Waals surface area contributed by atoms with Gasteiger partial charge in [-0.15, -0.1) is 0 Å². The molecule has 25 heavy (non-hydrogen) atoms. The van der Waals surface area contributed by atoms with Crippen LogP contribution in [0.3, 0.4) is 0 Å². The minimum absolute atomic E-state index is 0.00382. The van der Waals surface area contributed by atoms with E-state index in [1.807, 2.05) is 29.2 Å². The molecular formula is C19H15ClINO3. The van der Waals surface area contributed by atoms with Crippen LogP contribution in [-0.4, -0.2) is 35.0 Å². The van der Waals surface area contributed by atoms with Crippen molar-refractivity contribution in [3.8, 4) is 0 Å². The van der Waals surface area contributed by atoms with Gasteiger partial charge in [0, 0.05) is 35.4 Å². The third kappa shape index (κ3) is 2.35. The average Bonchev–Trinajstić information content (AvgIpc) is 2.82. The first kappa shape index (κ1) is 17.0. The number of hydrogen-bond donors (Lipinski definition) is 0. The van der Waals surface area contributed by atoms with Crippen molar-refractivity contribution in [3.05, 3.63) is 50.6 Å². The van der Waals surface area contributed by atoms with Gasteiger partial charge in [0.1, 0.15) is 6.29 Å². The molecule has 1 aliphatic carbocycles. The van der Waals surface area contributed by atoms with Gasteiger partial charge in [-0.05, 0) is 52.8 Å². The topological polar surface area (TPSA) is 54.5 Å². The molecule has 0 radical (unpaired) electrons. The third-order valence-corrected chi connectivity index (χ3v) is 6.74. The number of ketones is 1. The molecule has 1 aromatic carbocycles. The number of hydrogen-bond acceptors (Lipinski definition) is 3. The molecular weight excluding hydrogens is 453 g/mol. The van der Waals surface area contributed by atoms with E-state index < -0.39 is 5.54 Å². The van der Waals surface area contributed by atoms with Gasteiger partial charge in [0.15, 0.2) is 5.78 Å². The van der Waals surface area contributed by atoms with Gasteiger partial charge >= 0.3 is 0 Å². The molecule has 0 aromatic heterocycles. The maximum absolute atomic E-state index is 13.0. The first-order chi connectivity index (χ1) is 12.0. The highest BCUT2D eigenvalue weighted by Crippen LogP contribution is 2.56. The number of rotatable bonds is 2. The van der Waals surface area contributed by atoms with Crippen molar-refractivity contribution in [1.29, 1.82) is 0 Å². The summed E-state index contributed by atoms with van der Waals surface area (Å²) in [6.45, 7) is 0.508. The van der Waals surface area contributed by atoms with Gasteiger partial charge in [-0.2, -0.15) is 0 Å². The highest BCUT2D eigenvalue weighted by Gasteiger charge is 2.59. The largest absolute Gasteiger partial charge is 0.325 e. The molecule has 3 atom stereocenters. The maximum atomic E-state index is 13.0. The molecule has 3 aliphatic rings. The first-order valence-electron chi connectivity index (χ1n) is 8.14. The monoisotopic (exact) mass is 467 g/mol. The Balaban J connectivity index is 1.98. The molecule has 1 saturated heterocycles. The Morgan fingerprint density at radius 1 is 1.32 bits per heavy atom. The Morgan fingerprint density at radius 3 is 2.84 bits per heavy atom. The van der Waals surface area contributed by atoms with Crippen molar-refractivity contribution >= 4 is 57.7 Å². The van der Waals surface area contributed by atoms with E-state index in [2.05, 4.69) is 22.6 Å². The molecule has 4 rings (SSSR count). The Morgan fingerprint density at radius 2 is 2.12 bits per heavy atom. The lowest BCUT2D eigenvalue weighted by Gasteiger charge is -2.51. The van der Waals surface area contributed by atoms with E-state index in [9.17, 15) is 14.4 Å². The van der Waals surface area contributed by atoms with Crippen LogP contribution in [0.5, 0.6) is 0 Å². The van der Waals surface area contributed by atoms with Crippen LogP contribution in [0.2, 0.25) is 5.02 Å². The zero-order chi connectivity index (χ0) is 17.8. The van der Waals surface area contributed by atoms with Gasteiger partial charge in [-0.3, -0.25) is 9.59 Å². The Kier molecular flexibility index (Phi) is 4.11. The summed E-state index contributed by atoms with van der Waals surface area (Å²) in [5, 5.41) is 0.590. The van der Waals surface area contributed by atoms with Crippen molar-refractivity contribution in [3.63, 3.8) is 0 Å². The van der Waals surface area contributed by atoms with Crippen LogP contribution in [0.25, 0.3) is 5.57 Å². The first-order valence-corrected chi connectivity index (χ1v) is 9.60. The summed E-state index contributed by atoms with van der Waals surface area (Å²) in [5.41, 5.74) is 0.986. The molecule has 1 amide bonds. The van der Waals surface area contributed by atoms with Gasteiger partial charge in [-0.25, -0.2) is 0 Å². The summed E-state index contributed by atoms with van der Waals surface area (Å²) in [6, 6.07) is 7.41. The van der Waals surface area contributed by atoms with E-state index in [0.717, 1.165) is 17.4 Å². The average molecular weight is 468 g/mol. The number of aldehydes is 1. The van der Waals surface area contributed by atoms with E-state index >= 15 is 0 Å². The second-order valence-corrected chi connectivity index (χ2v) is 8.20. The van der Waals surface area contributed by atoms with Crippen LogP contribution < -0.4 is 0 Å². The SMILES string of the molecule is O=C[C@H]1CCN2C(=O)C(I)=C(c3cccc(Cl)c3)[C@]23C=CC(=O)CC13. The van der Waals surface area contributed by atoms with Crippen molar-refractivity contribution in [1.82, 2.24) is 4.90 Å². The standard InChI is InChI=1S/C19H15ClINO3/c20-13-3-1-2-11(8-13)16-17(21)18(25)22-7-5-12(10-23)15-9-14(24)4-6-19(15,16)22/h1-4,6,8,10,12,15H,5,7,9H2/t12-,15?,19-/m1/s1. The number of amides is 1. The summed E-state index contributed by atoms with van der Waals surface area (Å²) in [5.74, 6) is -0.510. The summed E-state index contributed by atoms with van der Waals surface area (Å²) in [6.07, 6.45) is 5.21. The number of allylic oxidation sites excluding steroid dienone is 1. The summed E-state index contributed by atoms with van der Waals surface area (Å²) >= 11 is 8.27. The fourth-order valence-corrected chi connectivity index (χ4v) is 5.68. The Labute approximate surface area is 164 Å². The lowest BCUT2D eigenvalue weighted by atomic mass is 9.63. The van der Waals surface area contributed by atoms with Crippen molar-refractivity contribution in [2.75, 3.05) is 6.54 Å². The van der Waals surface area contributed by atoms with Crippen LogP contribution in [0, 0.1) is 11.8 Å². The van der Waals surface area contributed by atoms with E-state index in [4.69, 9.17) is 11.6 Å². The third-order valence-electron chi connectivity index (χ3n) is 5.50. The lowest BCUT2D eigenvalue weighted by Crippen LogP contribution is -2.60. The van der Waals surface area contributed by atoms with Crippen molar-refractivity contribution < 1.29 is 14.4 Å². The maximum Gasteiger partial charge on any atom is 0.261 e. The van der Waals surface area contributed by atoms with Gasteiger partial charge in [0.2, 0.25) is 0 Å². The quantitative estimate of drug-likeness (QED) is 0.495. The molecule has 1 spiro atoms. The second-order valence-electron chi connectivity index (χ2n) is 6.68. The highest BCUT2D eigenvalue weighted by atomic mass is 127. The van der Waals surface area contributed by atoms with Gasteiger partial charge in [-0.1, -0.05) is 29.8 Å². The predicted molar refractivity (Wildman–Crippen MR) is 103 cm³/mol. The zero-order valence-corrected chi connectivity index (χ0v) is 16.2. The summed E-state index contributed by atoms with van der Waals surface area (Å²) in [7, 11) is 0. The second kappa shape index (κ2) is 6.06. The Hall–Kier alpha value is -1.47. The zero-order valence-electron chi connectivity index (χ0n) is 13.2. The number of nitrogens with zero attached hydrogens (tertiary/aromatic N) is 1.